The molecule has 0 aliphatic heterocycles. The van der Waals surface area contributed by atoms with Crippen LogP contribution < -0.4 is 20.9 Å². The van der Waals surface area contributed by atoms with Gasteiger partial charge in [-0.2, -0.15) is 0 Å². The monoisotopic (exact) mass is 363 g/mol. The highest BCUT2D eigenvalue weighted by Gasteiger charge is 2.27. The third-order valence-electron chi connectivity index (χ3n) is 4.93. The number of aryl methyl sites for hydroxylation is 1. The molecule has 1 aliphatic carbocycles. The van der Waals surface area contributed by atoms with E-state index >= 15 is 0 Å². The summed E-state index contributed by atoms with van der Waals surface area (Å²) in [4.78, 5) is 11.9. The number of carbonyl (C=O) groups excluding carboxylic acids is 1. The molecule has 0 heterocycles. The van der Waals surface area contributed by atoms with Gasteiger partial charge in [0, 0.05) is 6.04 Å². The first-order chi connectivity index (χ1) is 12.0. The van der Waals surface area contributed by atoms with Crippen LogP contribution in [0.25, 0.3) is 0 Å². The number of hydrogen-bond acceptors (Lipinski definition) is 3. The number of amides is 1. The first-order valence-corrected chi connectivity index (χ1v) is 9.41. The van der Waals surface area contributed by atoms with E-state index < -0.39 is 0 Å². The quantitative estimate of drug-likeness (QED) is 0.554. The summed E-state index contributed by atoms with van der Waals surface area (Å²) in [7, 11) is 0. The van der Waals surface area contributed by atoms with E-state index in [0.717, 1.165) is 17.7 Å². The zero-order valence-corrected chi connectivity index (χ0v) is 16.1. The van der Waals surface area contributed by atoms with Crippen molar-refractivity contribution in [2.24, 2.45) is 11.8 Å². The first-order valence-electron chi connectivity index (χ1n) is 9.00. The van der Waals surface area contributed by atoms with Crippen molar-refractivity contribution in [1.29, 1.82) is 0 Å². The van der Waals surface area contributed by atoms with Crippen LogP contribution in [0.5, 0.6) is 5.75 Å². The van der Waals surface area contributed by atoms with Crippen LogP contribution in [-0.4, -0.2) is 23.7 Å². The summed E-state index contributed by atoms with van der Waals surface area (Å²) in [5.74, 6) is 1.90. The second-order valence-electron chi connectivity index (χ2n) is 6.94. The standard InChI is InChI=1S/C19H29N3O2S/c1-13-6-4-8-16(12-13)24-11-10-18(23)21-22-19(25)20-17-9-5-7-14(2)15(17)3/h4,6,8,12,14-15,17H,5,7,9-11H2,1-3H3,(H,21,23)(H2,20,22,25)/t14-,15+,17+/m1/s1. The Hall–Kier alpha value is -1.82. The summed E-state index contributed by atoms with van der Waals surface area (Å²) in [5.41, 5.74) is 6.54. The van der Waals surface area contributed by atoms with Crippen molar-refractivity contribution in [2.45, 2.75) is 52.5 Å². The topological polar surface area (TPSA) is 62.4 Å². The van der Waals surface area contributed by atoms with Crippen molar-refractivity contribution in [3.63, 3.8) is 0 Å². The van der Waals surface area contributed by atoms with E-state index in [0.29, 0.717) is 29.6 Å². The molecule has 0 saturated heterocycles. The second-order valence-corrected chi connectivity index (χ2v) is 7.34. The number of carbonyl (C=O) groups is 1. The molecule has 1 aliphatic rings. The lowest BCUT2D eigenvalue weighted by Gasteiger charge is -2.35. The third kappa shape index (κ3) is 6.53. The zero-order chi connectivity index (χ0) is 18.2. The maximum Gasteiger partial charge on any atom is 0.241 e. The van der Waals surface area contributed by atoms with E-state index in [9.17, 15) is 4.79 Å². The number of hydrazine groups is 1. The van der Waals surface area contributed by atoms with Crippen molar-refractivity contribution in [1.82, 2.24) is 16.2 Å². The molecule has 0 radical (unpaired) electrons. The minimum atomic E-state index is -0.151. The summed E-state index contributed by atoms with van der Waals surface area (Å²) < 4.78 is 5.57. The van der Waals surface area contributed by atoms with Gasteiger partial charge in [-0.25, -0.2) is 0 Å². The molecule has 138 valence electrons. The maximum atomic E-state index is 11.9. The number of nitrogens with one attached hydrogen (secondary N) is 3. The Morgan fingerprint density at radius 2 is 2.08 bits per heavy atom. The van der Waals surface area contributed by atoms with E-state index in [2.05, 4.69) is 30.0 Å². The Balaban J connectivity index is 1.63. The van der Waals surface area contributed by atoms with E-state index in [1.807, 2.05) is 31.2 Å². The average molecular weight is 364 g/mol. The van der Waals surface area contributed by atoms with Crippen LogP contribution >= 0.6 is 12.2 Å². The van der Waals surface area contributed by atoms with Crippen LogP contribution in [-0.2, 0) is 4.79 Å². The maximum absolute atomic E-state index is 11.9. The van der Waals surface area contributed by atoms with Gasteiger partial charge >= 0.3 is 0 Å². The van der Waals surface area contributed by atoms with Crippen LogP contribution in [0.2, 0.25) is 0 Å². The smallest absolute Gasteiger partial charge is 0.241 e. The van der Waals surface area contributed by atoms with E-state index in [-0.39, 0.29) is 12.3 Å². The molecule has 5 nitrogen and oxygen atoms in total. The van der Waals surface area contributed by atoms with E-state index in [1.165, 1.54) is 12.8 Å². The van der Waals surface area contributed by atoms with Gasteiger partial charge in [-0.05, 0) is 55.1 Å². The van der Waals surface area contributed by atoms with Gasteiger partial charge in [0.2, 0.25) is 5.91 Å². The Kier molecular flexibility index (Phi) is 7.50. The predicted octanol–water partition coefficient (Wildman–Crippen LogP) is 3.08. The highest BCUT2D eigenvalue weighted by Crippen LogP contribution is 2.29. The molecule has 1 aromatic carbocycles. The Labute approximate surface area is 155 Å². The molecule has 3 N–H and O–H groups in total. The molecule has 0 unspecified atom stereocenters. The number of rotatable bonds is 5. The lowest BCUT2D eigenvalue weighted by Crippen LogP contribution is -2.52. The normalized spacial score (nSPS) is 22.8. The van der Waals surface area contributed by atoms with Crippen molar-refractivity contribution >= 4 is 23.2 Å². The summed E-state index contributed by atoms with van der Waals surface area (Å²) in [5, 5.41) is 3.79. The average Bonchev–Trinajstić information content (AvgIpc) is 2.57. The molecule has 1 aromatic rings. The SMILES string of the molecule is Cc1cccc(OCCC(=O)NNC(=S)N[C@H]2CCC[C@@H](C)[C@@H]2C)c1. The fourth-order valence-corrected chi connectivity index (χ4v) is 3.35. The molecule has 1 amide bonds. The van der Waals surface area contributed by atoms with Crippen molar-refractivity contribution in [3.8, 4) is 5.75 Å². The zero-order valence-electron chi connectivity index (χ0n) is 15.3. The van der Waals surface area contributed by atoms with Gasteiger partial charge in [0.1, 0.15) is 5.75 Å². The lowest BCUT2D eigenvalue weighted by atomic mass is 9.78. The number of benzene rings is 1. The molecular weight excluding hydrogens is 334 g/mol. The molecule has 2 rings (SSSR count). The molecule has 6 heteroatoms. The van der Waals surface area contributed by atoms with Gasteiger partial charge in [0.15, 0.2) is 5.11 Å². The predicted molar refractivity (Wildman–Crippen MR) is 104 cm³/mol. The number of ether oxygens (including phenoxy) is 1. The molecule has 1 saturated carbocycles. The third-order valence-corrected chi connectivity index (χ3v) is 5.15. The van der Waals surface area contributed by atoms with Crippen LogP contribution in [0.1, 0.15) is 45.1 Å². The Morgan fingerprint density at radius 1 is 1.28 bits per heavy atom. The van der Waals surface area contributed by atoms with Crippen LogP contribution in [0.15, 0.2) is 24.3 Å². The summed E-state index contributed by atoms with van der Waals surface area (Å²) in [6.07, 6.45) is 3.87. The first kappa shape index (κ1) is 19.5. The van der Waals surface area contributed by atoms with Crippen molar-refractivity contribution in [2.75, 3.05) is 6.61 Å². The molecular formula is C19H29N3O2S. The molecule has 25 heavy (non-hydrogen) atoms. The summed E-state index contributed by atoms with van der Waals surface area (Å²) in [6, 6.07) is 8.13. The minimum Gasteiger partial charge on any atom is -0.493 e. The van der Waals surface area contributed by atoms with E-state index in [1.54, 1.807) is 0 Å². The van der Waals surface area contributed by atoms with Gasteiger partial charge in [-0.15, -0.1) is 0 Å². The Morgan fingerprint density at radius 3 is 2.84 bits per heavy atom. The number of thiocarbonyl (C=S) groups is 1. The minimum absolute atomic E-state index is 0.151. The number of hydrogen-bond donors (Lipinski definition) is 3. The molecule has 0 aromatic heterocycles. The van der Waals surface area contributed by atoms with Gasteiger partial charge in [0.05, 0.1) is 13.0 Å². The van der Waals surface area contributed by atoms with E-state index in [4.69, 9.17) is 17.0 Å². The van der Waals surface area contributed by atoms with Gasteiger partial charge in [0.25, 0.3) is 0 Å². The highest BCUT2D eigenvalue weighted by atomic mass is 32.1. The van der Waals surface area contributed by atoms with Gasteiger partial charge in [-0.3, -0.25) is 15.6 Å². The lowest BCUT2D eigenvalue weighted by molar-refractivity contribution is -0.122. The highest BCUT2D eigenvalue weighted by molar-refractivity contribution is 7.80. The fourth-order valence-electron chi connectivity index (χ4n) is 3.15. The molecule has 0 spiro atoms. The van der Waals surface area contributed by atoms with Crippen molar-refractivity contribution in [3.05, 3.63) is 29.8 Å². The summed E-state index contributed by atoms with van der Waals surface area (Å²) in [6.45, 7) is 6.87. The van der Waals surface area contributed by atoms with Gasteiger partial charge < -0.3 is 10.1 Å². The van der Waals surface area contributed by atoms with Crippen LogP contribution in [0.4, 0.5) is 0 Å². The largest absolute Gasteiger partial charge is 0.493 e. The van der Waals surface area contributed by atoms with Crippen LogP contribution in [0, 0.1) is 18.8 Å². The van der Waals surface area contributed by atoms with Crippen LogP contribution in [0.3, 0.4) is 0 Å². The fraction of sp³-hybridized carbons (Fsp3) is 0.579. The molecule has 1 fully saturated rings. The molecule has 0 bridgehead atoms. The van der Waals surface area contributed by atoms with Gasteiger partial charge in [-0.1, -0.05) is 38.8 Å². The Bertz CT molecular complexity index is 594. The van der Waals surface area contributed by atoms with Crippen molar-refractivity contribution < 1.29 is 9.53 Å². The second kappa shape index (κ2) is 9.61. The summed E-state index contributed by atoms with van der Waals surface area (Å²) >= 11 is 5.28. The molecule has 3 atom stereocenters.